The second-order valence-corrected chi connectivity index (χ2v) is 23.6. The third kappa shape index (κ3) is 15.2. The maximum atomic E-state index is 13.0. The van der Waals surface area contributed by atoms with Crippen molar-refractivity contribution in [1.29, 1.82) is 0 Å². The van der Waals surface area contributed by atoms with Crippen molar-refractivity contribution in [3.05, 3.63) is 141 Å². The Kier molecular flexibility index (Phi) is 20.2. The topological polar surface area (TPSA) is 187 Å². The average Bonchev–Trinajstić information content (AvgIpc) is 2.95. The molecule has 0 unspecified atom stereocenters. The number of carbonyl (C=O) groups excluding carboxylic acids is 4. The van der Waals surface area contributed by atoms with Crippen LogP contribution in [0.5, 0.6) is 11.5 Å². The van der Waals surface area contributed by atoms with Gasteiger partial charge in [-0.25, -0.2) is 9.59 Å². The quantitative estimate of drug-likeness (QED) is 0.0394. The van der Waals surface area contributed by atoms with Crippen LogP contribution in [0.3, 0.4) is 0 Å². The molecule has 0 saturated carbocycles. The zero-order valence-corrected chi connectivity index (χ0v) is 49.9. The van der Waals surface area contributed by atoms with Gasteiger partial charge in [-0.3, -0.25) is 38.1 Å². The highest BCUT2D eigenvalue weighted by Gasteiger charge is 2.26. The molecule has 3 saturated heterocycles. The van der Waals surface area contributed by atoms with Crippen molar-refractivity contribution in [1.82, 2.24) is 28.7 Å². The molecule has 22 heteroatoms. The smallest absolute Gasteiger partial charge is 0.333 e. The fraction of sp³-hybridized carbons (Fsp3) is 0.406. The van der Waals surface area contributed by atoms with E-state index in [2.05, 4.69) is 78.9 Å². The Morgan fingerprint density at radius 3 is 1.29 bits per heavy atom. The molecule has 4 aromatic carbocycles. The summed E-state index contributed by atoms with van der Waals surface area (Å²) in [5.74, 6) is -1.03. The van der Waals surface area contributed by atoms with Crippen LogP contribution in [0.15, 0.2) is 130 Å². The first-order valence-corrected chi connectivity index (χ1v) is 31.3. The van der Waals surface area contributed by atoms with Crippen LogP contribution >= 0.6 is 22.7 Å². The summed E-state index contributed by atoms with van der Waals surface area (Å²) in [5, 5.41) is 8.52. The molecule has 0 radical (unpaired) electrons. The molecule has 3 aliphatic rings. The van der Waals surface area contributed by atoms with E-state index in [0.717, 1.165) is 102 Å². The summed E-state index contributed by atoms with van der Waals surface area (Å²) in [6.45, 7) is 9.48. The standard InChI is InChI=1S/C64H72N8O12S2/c73-59-17-13-47-11-15-49(81-35-3-1-21-65-23-27-67(28-24-65)53-7-5-9-57-51(53)19-37-85-57)39-55(47)71(59)45-83-63(77)43-79-41-61(75)69-31-33-70(34-32-69)62(76)42-80-44-64(78)84-46-72-56-40-50(16-12-48(56)14-18-60(72)74)82-36-4-2-22-66-25-29-68(30-26-66)54-8-6-10-58-52(54)20-38-86-58/h5-20,37-40H,1-4,21-36,41-46H2. The predicted octanol–water partition coefficient (Wildman–Crippen LogP) is 7.11. The van der Waals surface area contributed by atoms with Gasteiger partial charge in [0.15, 0.2) is 13.5 Å². The maximum Gasteiger partial charge on any atom is 0.333 e. The van der Waals surface area contributed by atoms with E-state index in [1.54, 1.807) is 46.9 Å². The minimum absolute atomic E-state index is 0.224. The highest BCUT2D eigenvalue weighted by atomic mass is 32.1. The number of aromatic nitrogens is 2. The normalized spacial score (nSPS) is 15.3. The van der Waals surface area contributed by atoms with E-state index >= 15 is 0 Å². The molecule has 452 valence electrons. The second kappa shape index (κ2) is 29.0. The Morgan fingerprint density at radius 1 is 0.442 bits per heavy atom. The molecule has 3 fully saturated rings. The van der Waals surface area contributed by atoms with Gasteiger partial charge in [0, 0.05) is 134 Å². The number of carbonyl (C=O) groups is 4. The number of unbranched alkanes of at least 4 members (excludes halogenated alkanes) is 2. The molecule has 0 spiro atoms. The lowest BCUT2D eigenvalue weighted by Gasteiger charge is -2.36. The van der Waals surface area contributed by atoms with E-state index < -0.39 is 25.2 Å². The number of hydrogen-bond donors (Lipinski definition) is 0. The first-order chi connectivity index (χ1) is 42.1. The van der Waals surface area contributed by atoms with E-state index in [-0.39, 0.29) is 75.8 Å². The molecule has 11 rings (SSSR count). The van der Waals surface area contributed by atoms with Gasteiger partial charge in [-0.2, -0.15) is 0 Å². The van der Waals surface area contributed by atoms with Gasteiger partial charge in [-0.1, -0.05) is 12.1 Å². The van der Waals surface area contributed by atoms with Crippen molar-refractivity contribution in [3.63, 3.8) is 0 Å². The third-order valence-corrected chi connectivity index (χ3v) is 17.9. The number of amides is 2. The highest BCUT2D eigenvalue weighted by Crippen LogP contribution is 2.33. The number of nitrogens with zero attached hydrogens (tertiary/aromatic N) is 8. The van der Waals surface area contributed by atoms with Crippen LogP contribution in [0.1, 0.15) is 25.7 Å². The Morgan fingerprint density at radius 2 is 0.860 bits per heavy atom. The highest BCUT2D eigenvalue weighted by molar-refractivity contribution is 7.17. The van der Waals surface area contributed by atoms with Crippen LogP contribution in [0.25, 0.3) is 42.0 Å². The number of esters is 2. The summed E-state index contributed by atoms with van der Waals surface area (Å²) in [5.41, 5.74) is 3.03. The summed E-state index contributed by atoms with van der Waals surface area (Å²) in [6, 6.07) is 34.7. The van der Waals surface area contributed by atoms with Crippen LogP contribution in [0.4, 0.5) is 11.4 Å². The number of benzene rings is 4. The number of thiophene rings is 2. The van der Waals surface area contributed by atoms with Crippen molar-refractivity contribution in [2.24, 2.45) is 0 Å². The molecule has 7 heterocycles. The molecule has 3 aliphatic heterocycles. The molecule has 0 N–H and O–H groups in total. The third-order valence-electron chi connectivity index (χ3n) is 16.2. The Bertz CT molecular complexity index is 3520. The molecule has 8 aromatic rings. The number of piperazine rings is 3. The van der Waals surface area contributed by atoms with Gasteiger partial charge in [0.1, 0.15) is 37.9 Å². The van der Waals surface area contributed by atoms with Crippen LogP contribution < -0.4 is 30.4 Å². The van der Waals surface area contributed by atoms with E-state index in [1.807, 2.05) is 24.3 Å². The van der Waals surface area contributed by atoms with E-state index in [4.69, 9.17) is 28.4 Å². The number of pyridine rings is 2. The Hall–Kier alpha value is -7.86. The molecular weight excluding hydrogens is 1140 g/mol. The van der Waals surface area contributed by atoms with Gasteiger partial charge in [0.2, 0.25) is 11.8 Å². The molecule has 4 aromatic heterocycles. The second-order valence-electron chi connectivity index (χ2n) is 21.7. The van der Waals surface area contributed by atoms with Crippen molar-refractivity contribution in [3.8, 4) is 11.5 Å². The summed E-state index contributed by atoms with van der Waals surface area (Å²) >= 11 is 3.56. The summed E-state index contributed by atoms with van der Waals surface area (Å²) in [7, 11) is 0. The largest absolute Gasteiger partial charge is 0.494 e. The summed E-state index contributed by atoms with van der Waals surface area (Å²) < 4.78 is 39.2. The Balaban J connectivity index is 0.534. The van der Waals surface area contributed by atoms with Crippen molar-refractivity contribution in [2.45, 2.75) is 39.1 Å². The number of ether oxygens (including phenoxy) is 6. The van der Waals surface area contributed by atoms with Gasteiger partial charge in [0.05, 0.1) is 24.2 Å². The first kappa shape index (κ1) is 59.9. The SMILES string of the molecule is O=C(COCC(=O)N1CCN(C(=O)COCC(=O)OCn2c(=O)ccc3ccc(OCCCCN4CCN(c5cccc6sccc56)CC4)cc32)CC1)OCn1c(=O)ccc2ccc(OCCCCN3CCN(c4cccc5sccc45)CC3)cc21. The Labute approximate surface area is 506 Å². The van der Waals surface area contributed by atoms with Gasteiger partial charge in [-0.05, 0) is 133 Å². The van der Waals surface area contributed by atoms with Crippen LogP contribution in [-0.4, -0.2) is 184 Å². The van der Waals surface area contributed by atoms with Crippen LogP contribution in [0.2, 0.25) is 0 Å². The molecule has 86 heavy (non-hydrogen) atoms. The zero-order valence-electron chi connectivity index (χ0n) is 48.2. The molecule has 0 bridgehead atoms. The zero-order chi connectivity index (χ0) is 59.2. The van der Waals surface area contributed by atoms with Gasteiger partial charge in [0.25, 0.3) is 11.1 Å². The molecule has 20 nitrogen and oxygen atoms in total. The maximum absolute atomic E-state index is 13.0. The molecule has 0 aliphatic carbocycles. The van der Waals surface area contributed by atoms with Crippen LogP contribution in [-0.2, 0) is 51.6 Å². The first-order valence-electron chi connectivity index (χ1n) is 29.5. The summed E-state index contributed by atoms with van der Waals surface area (Å²) in [6.07, 6.45) is 3.74. The van der Waals surface area contributed by atoms with Crippen molar-refractivity contribution < 1.29 is 47.6 Å². The molecule has 0 atom stereocenters. The van der Waals surface area contributed by atoms with Crippen molar-refractivity contribution in [2.75, 3.05) is 141 Å². The van der Waals surface area contributed by atoms with E-state index in [9.17, 15) is 28.8 Å². The number of fused-ring (bicyclic) bond motifs is 4. The molecular formula is C64H72N8O12S2. The van der Waals surface area contributed by atoms with Gasteiger partial charge >= 0.3 is 11.9 Å². The predicted molar refractivity (Wildman–Crippen MR) is 334 cm³/mol. The van der Waals surface area contributed by atoms with E-state index in [0.29, 0.717) is 35.7 Å². The van der Waals surface area contributed by atoms with Crippen LogP contribution in [0, 0.1) is 0 Å². The van der Waals surface area contributed by atoms with Gasteiger partial charge < -0.3 is 48.0 Å². The van der Waals surface area contributed by atoms with Gasteiger partial charge in [-0.15, -0.1) is 22.7 Å². The minimum Gasteiger partial charge on any atom is -0.494 e. The lowest BCUT2D eigenvalue weighted by Crippen LogP contribution is -2.52. The summed E-state index contributed by atoms with van der Waals surface area (Å²) in [4.78, 5) is 90.4. The number of rotatable bonds is 26. The lowest BCUT2D eigenvalue weighted by molar-refractivity contribution is -0.157. The number of hydrogen-bond acceptors (Lipinski definition) is 18. The number of anilines is 2. The fourth-order valence-electron chi connectivity index (χ4n) is 11.4. The van der Waals surface area contributed by atoms with E-state index in [1.165, 1.54) is 62.6 Å². The monoisotopic (exact) mass is 1210 g/mol. The average molecular weight is 1210 g/mol. The van der Waals surface area contributed by atoms with Crippen molar-refractivity contribution >= 4 is 99.8 Å². The molecule has 2 amide bonds. The fourth-order valence-corrected chi connectivity index (χ4v) is 13.0. The minimum atomic E-state index is -0.752. The lowest BCUT2D eigenvalue weighted by atomic mass is 10.2.